The van der Waals surface area contributed by atoms with Crippen LogP contribution in [0.4, 0.5) is 0 Å². The summed E-state index contributed by atoms with van der Waals surface area (Å²) in [7, 11) is 1.67. The number of ether oxygens (including phenoxy) is 3. The van der Waals surface area contributed by atoms with Crippen molar-refractivity contribution in [3.63, 3.8) is 0 Å². The molecule has 0 aliphatic carbocycles. The molecule has 1 aromatic rings. The van der Waals surface area contributed by atoms with Gasteiger partial charge in [0.15, 0.2) is 0 Å². The Morgan fingerprint density at radius 2 is 2.32 bits per heavy atom. The van der Waals surface area contributed by atoms with Crippen LogP contribution in [0.25, 0.3) is 0 Å². The highest BCUT2D eigenvalue weighted by molar-refractivity contribution is 5.41. The Balaban J connectivity index is 2.12. The van der Waals surface area contributed by atoms with Crippen LogP contribution in [0.2, 0.25) is 0 Å². The van der Waals surface area contributed by atoms with E-state index in [0.29, 0.717) is 6.61 Å². The van der Waals surface area contributed by atoms with Gasteiger partial charge in [-0.15, -0.1) is 0 Å². The fraction of sp³-hybridized carbons (Fsp3) is 0.600. The van der Waals surface area contributed by atoms with E-state index in [1.54, 1.807) is 7.11 Å². The minimum atomic E-state index is 0.0945. The standard InChI is InChI=1S/C15H23NO3/c1-11(16)8-12-9-13(17-2)5-6-15(12)19-14-4-3-7-18-10-14/h5-6,9,11,14H,3-4,7-8,10,16H2,1-2H3. The van der Waals surface area contributed by atoms with Crippen LogP contribution in [-0.2, 0) is 11.2 Å². The van der Waals surface area contributed by atoms with E-state index in [4.69, 9.17) is 19.9 Å². The summed E-state index contributed by atoms with van der Waals surface area (Å²) in [5.74, 6) is 1.73. The van der Waals surface area contributed by atoms with Crippen molar-refractivity contribution in [2.75, 3.05) is 20.3 Å². The molecule has 0 radical (unpaired) electrons. The Labute approximate surface area is 114 Å². The van der Waals surface area contributed by atoms with E-state index in [1.807, 2.05) is 25.1 Å². The van der Waals surface area contributed by atoms with Gasteiger partial charge in [0.05, 0.1) is 13.7 Å². The van der Waals surface area contributed by atoms with Gasteiger partial charge < -0.3 is 19.9 Å². The van der Waals surface area contributed by atoms with Crippen LogP contribution >= 0.6 is 0 Å². The first-order valence-corrected chi connectivity index (χ1v) is 6.86. The molecule has 1 fully saturated rings. The summed E-state index contributed by atoms with van der Waals surface area (Å²) in [6.45, 7) is 3.51. The van der Waals surface area contributed by atoms with E-state index in [2.05, 4.69) is 0 Å². The van der Waals surface area contributed by atoms with E-state index < -0.39 is 0 Å². The highest BCUT2D eigenvalue weighted by Crippen LogP contribution is 2.27. The molecule has 2 rings (SSSR count). The second kappa shape index (κ2) is 6.78. The van der Waals surface area contributed by atoms with Gasteiger partial charge in [0.1, 0.15) is 17.6 Å². The molecule has 2 N–H and O–H groups in total. The summed E-state index contributed by atoms with van der Waals surface area (Å²) in [4.78, 5) is 0. The summed E-state index contributed by atoms with van der Waals surface area (Å²) in [5.41, 5.74) is 6.99. The van der Waals surface area contributed by atoms with Gasteiger partial charge in [-0.1, -0.05) is 0 Å². The first kappa shape index (κ1) is 14.2. The van der Waals surface area contributed by atoms with Crippen LogP contribution in [0.3, 0.4) is 0 Å². The van der Waals surface area contributed by atoms with Gasteiger partial charge in [-0.25, -0.2) is 0 Å². The largest absolute Gasteiger partial charge is 0.497 e. The van der Waals surface area contributed by atoms with Gasteiger partial charge >= 0.3 is 0 Å². The normalized spacial score (nSPS) is 20.9. The second-order valence-electron chi connectivity index (χ2n) is 5.11. The van der Waals surface area contributed by atoms with E-state index in [0.717, 1.165) is 42.9 Å². The third-order valence-electron chi connectivity index (χ3n) is 3.22. The van der Waals surface area contributed by atoms with Crippen molar-refractivity contribution < 1.29 is 14.2 Å². The molecule has 0 bridgehead atoms. The molecule has 1 heterocycles. The Bertz CT molecular complexity index is 400. The maximum absolute atomic E-state index is 6.05. The zero-order valence-corrected chi connectivity index (χ0v) is 11.7. The lowest BCUT2D eigenvalue weighted by molar-refractivity contribution is 0.00700. The lowest BCUT2D eigenvalue weighted by Gasteiger charge is -2.25. The van der Waals surface area contributed by atoms with Crippen molar-refractivity contribution in [3.05, 3.63) is 23.8 Å². The minimum Gasteiger partial charge on any atom is -0.497 e. The average Bonchev–Trinajstić information content (AvgIpc) is 2.41. The molecule has 0 saturated carbocycles. The third kappa shape index (κ3) is 4.11. The number of hydrogen-bond donors (Lipinski definition) is 1. The van der Waals surface area contributed by atoms with Gasteiger partial charge in [-0.2, -0.15) is 0 Å². The highest BCUT2D eigenvalue weighted by atomic mass is 16.5. The van der Waals surface area contributed by atoms with Crippen LogP contribution in [0, 0.1) is 0 Å². The smallest absolute Gasteiger partial charge is 0.123 e. The van der Waals surface area contributed by atoms with E-state index >= 15 is 0 Å². The van der Waals surface area contributed by atoms with Gasteiger partial charge in [-0.05, 0) is 49.9 Å². The second-order valence-corrected chi connectivity index (χ2v) is 5.11. The fourth-order valence-electron chi connectivity index (χ4n) is 2.29. The quantitative estimate of drug-likeness (QED) is 0.886. The molecule has 4 nitrogen and oxygen atoms in total. The Hall–Kier alpha value is -1.26. The summed E-state index contributed by atoms with van der Waals surface area (Å²) >= 11 is 0. The topological polar surface area (TPSA) is 53.7 Å². The molecular weight excluding hydrogens is 242 g/mol. The zero-order valence-electron chi connectivity index (χ0n) is 11.7. The van der Waals surface area contributed by atoms with Crippen molar-refractivity contribution >= 4 is 0 Å². The molecule has 2 atom stereocenters. The van der Waals surface area contributed by atoms with Gasteiger partial charge in [0.2, 0.25) is 0 Å². The minimum absolute atomic E-state index is 0.0945. The van der Waals surface area contributed by atoms with Gasteiger partial charge in [0, 0.05) is 12.6 Å². The van der Waals surface area contributed by atoms with Crippen LogP contribution in [0.1, 0.15) is 25.3 Å². The van der Waals surface area contributed by atoms with Gasteiger partial charge in [0.25, 0.3) is 0 Å². The maximum atomic E-state index is 6.05. The lowest BCUT2D eigenvalue weighted by atomic mass is 10.1. The van der Waals surface area contributed by atoms with E-state index in [9.17, 15) is 0 Å². The van der Waals surface area contributed by atoms with E-state index in [1.165, 1.54) is 0 Å². The summed E-state index contributed by atoms with van der Waals surface area (Å²) in [5, 5.41) is 0. The zero-order chi connectivity index (χ0) is 13.7. The Morgan fingerprint density at radius 1 is 1.47 bits per heavy atom. The van der Waals surface area contributed by atoms with Crippen LogP contribution in [-0.4, -0.2) is 32.5 Å². The molecule has 0 aromatic heterocycles. The molecule has 106 valence electrons. The molecule has 19 heavy (non-hydrogen) atoms. The summed E-state index contributed by atoms with van der Waals surface area (Å²) < 4.78 is 16.8. The van der Waals surface area contributed by atoms with Crippen molar-refractivity contribution in [3.8, 4) is 11.5 Å². The van der Waals surface area contributed by atoms with Gasteiger partial charge in [-0.3, -0.25) is 0 Å². The van der Waals surface area contributed by atoms with Crippen LogP contribution in [0.15, 0.2) is 18.2 Å². The lowest BCUT2D eigenvalue weighted by Crippen LogP contribution is -2.28. The molecule has 4 heteroatoms. The fourth-order valence-corrected chi connectivity index (χ4v) is 2.29. The predicted molar refractivity (Wildman–Crippen MR) is 74.8 cm³/mol. The molecule has 2 unspecified atom stereocenters. The van der Waals surface area contributed by atoms with Crippen LogP contribution in [0.5, 0.6) is 11.5 Å². The number of methoxy groups -OCH3 is 1. The average molecular weight is 265 g/mol. The first-order valence-electron chi connectivity index (χ1n) is 6.86. The monoisotopic (exact) mass is 265 g/mol. The number of hydrogen-bond acceptors (Lipinski definition) is 4. The first-order chi connectivity index (χ1) is 9.19. The third-order valence-corrected chi connectivity index (χ3v) is 3.22. The number of nitrogens with two attached hydrogens (primary N) is 1. The Morgan fingerprint density at radius 3 is 2.95 bits per heavy atom. The molecule has 1 saturated heterocycles. The SMILES string of the molecule is COc1ccc(OC2CCCOC2)c(CC(C)N)c1. The molecule has 0 spiro atoms. The molecule has 0 amide bonds. The van der Waals surface area contributed by atoms with Crippen molar-refractivity contribution in [1.82, 2.24) is 0 Å². The predicted octanol–water partition coefficient (Wildman–Crippen LogP) is 2.14. The molecule has 1 aliphatic heterocycles. The molecule has 1 aliphatic rings. The number of rotatable bonds is 5. The number of benzene rings is 1. The van der Waals surface area contributed by atoms with Crippen molar-refractivity contribution in [2.24, 2.45) is 5.73 Å². The van der Waals surface area contributed by atoms with Crippen molar-refractivity contribution in [1.29, 1.82) is 0 Å². The van der Waals surface area contributed by atoms with E-state index in [-0.39, 0.29) is 12.1 Å². The summed E-state index contributed by atoms with van der Waals surface area (Å²) in [6, 6.07) is 5.98. The van der Waals surface area contributed by atoms with Crippen LogP contribution < -0.4 is 15.2 Å². The summed E-state index contributed by atoms with van der Waals surface area (Å²) in [6.07, 6.45) is 3.03. The Kier molecular flexibility index (Phi) is 5.05. The maximum Gasteiger partial charge on any atom is 0.123 e. The molecule has 1 aromatic carbocycles. The highest BCUT2D eigenvalue weighted by Gasteiger charge is 2.17. The van der Waals surface area contributed by atoms with Crippen molar-refractivity contribution in [2.45, 2.75) is 38.3 Å². The molecular formula is C15H23NO3.